The summed E-state index contributed by atoms with van der Waals surface area (Å²) in [7, 11) is 1.81. The van der Waals surface area contributed by atoms with Gasteiger partial charge in [-0.1, -0.05) is 18.2 Å². The fourth-order valence-electron chi connectivity index (χ4n) is 1.25. The Morgan fingerprint density at radius 3 is 3.00 bits per heavy atom. The van der Waals surface area contributed by atoms with E-state index in [0.717, 1.165) is 13.0 Å². The maximum atomic E-state index is 11.3. The molecule has 1 N–H and O–H groups in total. The first-order valence-electron chi connectivity index (χ1n) is 3.93. The molecule has 12 heavy (non-hydrogen) atoms. The van der Waals surface area contributed by atoms with Crippen LogP contribution in [0.2, 0.25) is 0 Å². The van der Waals surface area contributed by atoms with Crippen LogP contribution in [0.1, 0.15) is 6.42 Å². The first-order chi connectivity index (χ1) is 5.61. The minimum atomic E-state index is -0.0644. The topological polar surface area (TPSA) is 32.3 Å². The molecule has 1 atom stereocenters. The van der Waals surface area contributed by atoms with E-state index in [1.54, 1.807) is 11.9 Å². The zero-order valence-corrected chi connectivity index (χ0v) is 7.90. The van der Waals surface area contributed by atoms with Crippen LogP contribution in [0.15, 0.2) is 11.6 Å². The molecule has 0 spiro atoms. The highest BCUT2D eigenvalue weighted by atomic mass is 35.5. The predicted molar refractivity (Wildman–Crippen MR) is 49.0 cm³/mol. The molecule has 0 aromatic carbocycles. The number of carbonyl (C=O) groups excluding carboxylic acids is 1. The summed E-state index contributed by atoms with van der Waals surface area (Å²) in [6, 6.07) is -0.0644. The van der Waals surface area contributed by atoms with Gasteiger partial charge in [-0.05, 0) is 6.42 Å². The van der Waals surface area contributed by atoms with Crippen LogP contribution in [0, 0.1) is 0 Å². The monoisotopic (exact) mass is 188 g/mol. The number of hydrogen-bond donors (Lipinski definition) is 1. The van der Waals surface area contributed by atoms with E-state index in [2.05, 4.69) is 11.9 Å². The van der Waals surface area contributed by atoms with Gasteiger partial charge in [0, 0.05) is 25.2 Å². The third-order valence-corrected chi connectivity index (χ3v) is 2.10. The second-order valence-electron chi connectivity index (χ2n) is 3.00. The van der Waals surface area contributed by atoms with Gasteiger partial charge in [0.15, 0.2) is 0 Å². The van der Waals surface area contributed by atoms with Crippen LogP contribution in [-0.4, -0.2) is 37.0 Å². The Labute approximate surface area is 77.4 Å². The van der Waals surface area contributed by atoms with E-state index in [0.29, 0.717) is 11.6 Å². The van der Waals surface area contributed by atoms with Crippen molar-refractivity contribution in [1.29, 1.82) is 0 Å². The summed E-state index contributed by atoms with van der Waals surface area (Å²) in [5.41, 5.74) is 0. The Kier molecular flexibility index (Phi) is 3.12. The molecule has 0 aliphatic carbocycles. The van der Waals surface area contributed by atoms with Crippen molar-refractivity contribution in [3.8, 4) is 0 Å². The standard InChI is InChI=1S/C8H13ClN2O/c1-6(9)5-10-7-3-4-11(2)8(7)12/h7,10H,1,3-5H2,2H3. The van der Waals surface area contributed by atoms with Crippen molar-refractivity contribution in [3.05, 3.63) is 11.6 Å². The fraction of sp³-hybridized carbons (Fsp3) is 0.625. The number of carbonyl (C=O) groups is 1. The van der Waals surface area contributed by atoms with Crippen LogP contribution >= 0.6 is 11.6 Å². The molecule has 1 saturated heterocycles. The van der Waals surface area contributed by atoms with Gasteiger partial charge in [-0.3, -0.25) is 4.79 Å². The van der Waals surface area contributed by atoms with E-state index < -0.39 is 0 Å². The van der Waals surface area contributed by atoms with Crippen molar-refractivity contribution in [2.75, 3.05) is 20.1 Å². The maximum Gasteiger partial charge on any atom is 0.239 e. The Balaban J connectivity index is 2.34. The van der Waals surface area contributed by atoms with E-state index in [1.807, 2.05) is 0 Å². The average molecular weight is 189 g/mol. The molecule has 1 rings (SSSR count). The number of nitrogens with one attached hydrogen (secondary N) is 1. The molecule has 0 bridgehead atoms. The first-order valence-corrected chi connectivity index (χ1v) is 4.30. The highest BCUT2D eigenvalue weighted by Gasteiger charge is 2.27. The molecule has 0 aromatic rings. The average Bonchev–Trinajstić information content (AvgIpc) is 2.30. The number of hydrogen-bond acceptors (Lipinski definition) is 2. The molecule has 1 aliphatic heterocycles. The molecule has 1 amide bonds. The number of rotatable bonds is 3. The Morgan fingerprint density at radius 2 is 2.58 bits per heavy atom. The summed E-state index contributed by atoms with van der Waals surface area (Å²) in [5, 5.41) is 3.58. The normalized spacial score (nSPS) is 23.3. The molecule has 1 unspecified atom stereocenters. The number of likely N-dealkylation sites (N-methyl/N-ethyl adjacent to an activating group) is 1. The number of halogens is 1. The van der Waals surface area contributed by atoms with Crippen LogP contribution in [0.25, 0.3) is 0 Å². The van der Waals surface area contributed by atoms with Crippen molar-refractivity contribution in [1.82, 2.24) is 10.2 Å². The third kappa shape index (κ3) is 2.22. The van der Waals surface area contributed by atoms with Gasteiger partial charge in [-0.15, -0.1) is 0 Å². The van der Waals surface area contributed by atoms with Gasteiger partial charge < -0.3 is 10.2 Å². The molecule has 68 valence electrons. The summed E-state index contributed by atoms with van der Waals surface area (Å²) < 4.78 is 0. The first kappa shape index (κ1) is 9.55. The molecule has 1 aliphatic rings. The summed E-state index contributed by atoms with van der Waals surface area (Å²) in [6.45, 7) is 4.87. The Morgan fingerprint density at radius 1 is 1.92 bits per heavy atom. The zero-order valence-electron chi connectivity index (χ0n) is 7.14. The lowest BCUT2D eigenvalue weighted by molar-refractivity contribution is -0.128. The minimum absolute atomic E-state index is 0.0644. The Bertz CT molecular complexity index is 205. The van der Waals surface area contributed by atoms with Gasteiger partial charge in [-0.25, -0.2) is 0 Å². The van der Waals surface area contributed by atoms with Crippen LogP contribution in [0.4, 0.5) is 0 Å². The van der Waals surface area contributed by atoms with Crippen LogP contribution < -0.4 is 5.32 Å². The van der Waals surface area contributed by atoms with Crippen molar-refractivity contribution >= 4 is 17.5 Å². The van der Waals surface area contributed by atoms with E-state index >= 15 is 0 Å². The summed E-state index contributed by atoms with van der Waals surface area (Å²) >= 11 is 5.56. The zero-order chi connectivity index (χ0) is 9.14. The van der Waals surface area contributed by atoms with Crippen molar-refractivity contribution in [3.63, 3.8) is 0 Å². The van der Waals surface area contributed by atoms with E-state index in [9.17, 15) is 4.79 Å². The van der Waals surface area contributed by atoms with Gasteiger partial charge in [0.05, 0.1) is 6.04 Å². The quantitative estimate of drug-likeness (QED) is 0.702. The van der Waals surface area contributed by atoms with Crippen molar-refractivity contribution in [2.24, 2.45) is 0 Å². The number of likely N-dealkylation sites (tertiary alicyclic amines) is 1. The highest BCUT2D eigenvalue weighted by molar-refractivity contribution is 6.29. The highest BCUT2D eigenvalue weighted by Crippen LogP contribution is 2.08. The molecule has 3 nitrogen and oxygen atoms in total. The second kappa shape index (κ2) is 3.92. The summed E-state index contributed by atoms with van der Waals surface area (Å²) in [6.07, 6.45) is 0.861. The van der Waals surface area contributed by atoms with E-state index in [1.165, 1.54) is 0 Å². The van der Waals surface area contributed by atoms with Crippen molar-refractivity contribution in [2.45, 2.75) is 12.5 Å². The molecule has 0 radical (unpaired) electrons. The van der Waals surface area contributed by atoms with Gasteiger partial charge >= 0.3 is 0 Å². The van der Waals surface area contributed by atoms with E-state index in [-0.39, 0.29) is 11.9 Å². The molecule has 0 saturated carbocycles. The molecule has 4 heteroatoms. The Hall–Kier alpha value is -0.540. The van der Waals surface area contributed by atoms with Crippen LogP contribution in [0.3, 0.4) is 0 Å². The van der Waals surface area contributed by atoms with Crippen molar-refractivity contribution < 1.29 is 4.79 Å². The third-order valence-electron chi connectivity index (χ3n) is 1.97. The van der Waals surface area contributed by atoms with Crippen LogP contribution in [0.5, 0.6) is 0 Å². The lowest BCUT2D eigenvalue weighted by Gasteiger charge is -2.10. The lowest BCUT2D eigenvalue weighted by Crippen LogP contribution is -2.37. The fourth-order valence-corrected chi connectivity index (χ4v) is 1.32. The minimum Gasteiger partial charge on any atom is -0.344 e. The maximum absolute atomic E-state index is 11.3. The van der Waals surface area contributed by atoms with Gasteiger partial charge in [0.2, 0.25) is 5.91 Å². The van der Waals surface area contributed by atoms with Gasteiger partial charge in [-0.2, -0.15) is 0 Å². The lowest BCUT2D eigenvalue weighted by atomic mass is 10.2. The number of amides is 1. The molecule has 0 aromatic heterocycles. The molecular weight excluding hydrogens is 176 g/mol. The largest absolute Gasteiger partial charge is 0.344 e. The van der Waals surface area contributed by atoms with E-state index in [4.69, 9.17) is 11.6 Å². The second-order valence-corrected chi connectivity index (χ2v) is 3.53. The summed E-state index contributed by atoms with van der Waals surface area (Å²) in [5.74, 6) is 0.146. The molecule has 1 fully saturated rings. The molecular formula is C8H13ClN2O. The summed E-state index contributed by atoms with van der Waals surface area (Å²) in [4.78, 5) is 13.0. The van der Waals surface area contributed by atoms with Gasteiger partial charge in [0.1, 0.15) is 0 Å². The predicted octanol–water partition coefficient (Wildman–Crippen LogP) is 0.559. The van der Waals surface area contributed by atoms with Gasteiger partial charge in [0.25, 0.3) is 0 Å². The SMILES string of the molecule is C=C(Cl)CNC1CCN(C)C1=O. The molecule has 1 heterocycles. The van der Waals surface area contributed by atoms with Crippen LogP contribution in [-0.2, 0) is 4.79 Å². The number of nitrogens with zero attached hydrogens (tertiary/aromatic N) is 1. The smallest absolute Gasteiger partial charge is 0.239 e.